The summed E-state index contributed by atoms with van der Waals surface area (Å²) in [7, 11) is 0. The summed E-state index contributed by atoms with van der Waals surface area (Å²) >= 11 is 1.53. The van der Waals surface area contributed by atoms with Gasteiger partial charge in [-0.3, -0.25) is 9.69 Å². The molecule has 1 atom stereocenters. The number of rotatable bonds is 9. The number of hydrogen-bond donors (Lipinski definition) is 0. The smallest absolute Gasteiger partial charge is 0.338 e. The van der Waals surface area contributed by atoms with Crippen LogP contribution in [0, 0.1) is 5.92 Å². The molecule has 1 aromatic carbocycles. The average molecular weight is 461 g/mol. The molecule has 0 N–H and O–H groups in total. The van der Waals surface area contributed by atoms with E-state index in [1.807, 2.05) is 45.9 Å². The molecule has 8 heteroatoms. The average Bonchev–Trinajstić information content (AvgIpc) is 2.76. The normalized spacial score (nSPS) is 18.4. The highest BCUT2D eigenvalue weighted by molar-refractivity contribution is 8.14. The van der Waals surface area contributed by atoms with Crippen molar-refractivity contribution in [3.05, 3.63) is 35.0 Å². The molecule has 2 aliphatic heterocycles. The van der Waals surface area contributed by atoms with Crippen molar-refractivity contribution in [1.29, 1.82) is 0 Å². The van der Waals surface area contributed by atoms with Crippen LogP contribution in [0.15, 0.2) is 34.5 Å². The van der Waals surface area contributed by atoms with Gasteiger partial charge in [-0.15, -0.1) is 0 Å². The fourth-order valence-corrected chi connectivity index (χ4v) is 4.59. The third kappa shape index (κ3) is 5.28. The SMILES string of the molecule is CCCOc1ccc(C2C(C(=O)OCC(C)C)=C(C)N=C3SCCC(=O)N32)cc1OCC. The van der Waals surface area contributed by atoms with Gasteiger partial charge >= 0.3 is 5.97 Å². The number of esters is 1. The Hall–Kier alpha value is -2.48. The van der Waals surface area contributed by atoms with E-state index in [4.69, 9.17) is 14.2 Å². The van der Waals surface area contributed by atoms with Gasteiger partial charge < -0.3 is 14.2 Å². The van der Waals surface area contributed by atoms with Crippen LogP contribution < -0.4 is 9.47 Å². The van der Waals surface area contributed by atoms with E-state index in [1.165, 1.54) is 11.8 Å². The lowest BCUT2D eigenvalue weighted by Crippen LogP contribution is -2.45. The van der Waals surface area contributed by atoms with E-state index in [1.54, 1.807) is 11.8 Å². The Morgan fingerprint density at radius 1 is 1.25 bits per heavy atom. The predicted molar refractivity (Wildman–Crippen MR) is 126 cm³/mol. The number of amidine groups is 1. The monoisotopic (exact) mass is 460 g/mol. The molecule has 1 saturated heterocycles. The van der Waals surface area contributed by atoms with E-state index < -0.39 is 12.0 Å². The quantitative estimate of drug-likeness (QED) is 0.496. The molecule has 2 aliphatic rings. The molecule has 0 radical (unpaired) electrons. The Balaban J connectivity index is 2.08. The van der Waals surface area contributed by atoms with Gasteiger partial charge in [0.1, 0.15) is 0 Å². The van der Waals surface area contributed by atoms with Crippen LogP contribution >= 0.6 is 11.8 Å². The Kier molecular flexibility index (Phi) is 8.23. The number of amides is 1. The zero-order valence-electron chi connectivity index (χ0n) is 19.5. The fraction of sp³-hybridized carbons (Fsp3) is 0.542. The summed E-state index contributed by atoms with van der Waals surface area (Å²) in [5.74, 6) is 1.61. The lowest BCUT2D eigenvalue weighted by Gasteiger charge is -2.39. The van der Waals surface area contributed by atoms with Crippen LogP contribution in [0.4, 0.5) is 0 Å². The van der Waals surface area contributed by atoms with Crippen LogP contribution in [0.1, 0.15) is 59.1 Å². The van der Waals surface area contributed by atoms with Gasteiger partial charge in [0.05, 0.1) is 37.1 Å². The van der Waals surface area contributed by atoms with E-state index in [2.05, 4.69) is 4.99 Å². The van der Waals surface area contributed by atoms with Crippen molar-refractivity contribution in [2.24, 2.45) is 10.9 Å². The predicted octanol–water partition coefficient (Wildman–Crippen LogP) is 4.72. The second kappa shape index (κ2) is 10.9. The lowest BCUT2D eigenvalue weighted by molar-refractivity contribution is -0.141. The summed E-state index contributed by atoms with van der Waals surface area (Å²) in [6.45, 7) is 11.1. The number of allylic oxidation sites excluding steroid dienone is 1. The van der Waals surface area contributed by atoms with Gasteiger partial charge in [-0.2, -0.15) is 0 Å². The minimum absolute atomic E-state index is 0.0570. The summed E-state index contributed by atoms with van der Waals surface area (Å²) in [5, 5.41) is 0.619. The third-order valence-electron chi connectivity index (χ3n) is 5.02. The van der Waals surface area contributed by atoms with Gasteiger partial charge in [-0.05, 0) is 43.9 Å². The Morgan fingerprint density at radius 2 is 2.03 bits per heavy atom. The number of aliphatic imine (C=N–C) groups is 1. The second-order valence-electron chi connectivity index (χ2n) is 8.14. The molecule has 0 aromatic heterocycles. The van der Waals surface area contributed by atoms with E-state index >= 15 is 0 Å². The van der Waals surface area contributed by atoms with Gasteiger partial charge in [0.2, 0.25) is 5.91 Å². The Morgan fingerprint density at radius 3 is 2.72 bits per heavy atom. The van der Waals surface area contributed by atoms with Crippen LogP contribution in [-0.2, 0) is 14.3 Å². The molecular weight excluding hydrogens is 428 g/mol. The van der Waals surface area contributed by atoms with E-state index in [-0.39, 0.29) is 11.8 Å². The van der Waals surface area contributed by atoms with Crippen molar-refractivity contribution >= 4 is 28.8 Å². The number of carbonyl (C=O) groups is 2. The first-order valence-electron chi connectivity index (χ1n) is 11.2. The maximum absolute atomic E-state index is 13.1. The molecule has 174 valence electrons. The minimum Gasteiger partial charge on any atom is -0.490 e. The van der Waals surface area contributed by atoms with Crippen molar-refractivity contribution in [1.82, 2.24) is 4.90 Å². The molecule has 0 bridgehead atoms. The van der Waals surface area contributed by atoms with Crippen LogP contribution in [0.3, 0.4) is 0 Å². The highest BCUT2D eigenvalue weighted by atomic mass is 32.2. The van der Waals surface area contributed by atoms with Crippen LogP contribution in [0.2, 0.25) is 0 Å². The van der Waals surface area contributed by atoms with Crippen LogP contribution in [0.25, 0.3) is 0 Å². The molecule has 1 aromatic rings. The first-order valence-corrected chi connectivity index (χ1v) is 12.2. The van der Waals surface area contributed by atoms with Crippen molar-refractivity contribution in [3.63, 3.8) is 0 Å². The summed E-state index contributed by atoms with van der Waals surface area (Å²) in [4.78, 5) is 32.3. The number of ether oxygens (including phenoxy) is 3. The van der Waals surface area contributed by atoms with Gasteiger partial charge in [0.15, 0.2) is 16.7 Å². The first-order chi connectivity index (χ1) is 15.4. The van der Waals surface area contributed by atoms with Crippen LogP contribution in [0.5, 0.6) is 11.5 Å². The number of thioether (sulfide) groups is 1. The Bertz CT molecular complexity index is 925. The molecule has 1 unspecified atom stereocenters. The molecule has 0 spiro atoms. The molecule has 2 heterocycles. The molecule has 1 fully saturated rings. The Labute approximate surface area is 194 Å². The first kappa shape index (κ1) is 24.2. The number of hydrogen-bond acceptors (Lipinski definition) is 7. The zero-order valence-corrected chi connectivity index (χ0v) is 20.3. The maximum atomic E-state index is 13.1. The van der Waals surface area contributed by atoms with Gasteiger partial charge in [-0.25, -0.2) is 9.79 Å². The number of nitrogens with zero attached hydrogens (tertiary/aromatic N) is 2. The second-order valence-corrected chi connectivity index (χ2v) is 9.20. The zero-order chi connectivity index (χ0) is 23.3. The van der Waals surface area contributed by atoms with Crippen molar-refractivity contribution in [2.75, 3.05) is 25.6 Å². The highest BCUT2D eigenvalue weighted by Gasteiger charge is 2.42. The lowest BCUT2D eigenvalue weighted by atomic mass is 9.93. The molecule has 0 saturated carbocycles. The molecular formula is C24H32N2O5S. The summed E-state index contributed by atoms with van der Waals surface area (Å²) < 4.78 is 17.2. The summed E-state index contributed by atoms with van der Waals surface area (Å²) in [6, 6.07) is 4.96. The highest BCUT2D eigenvalue weighted by Crippen LogP contribution is 2.42. The van der Waals surface area contributed by atoms with E-state index in [0.29, 0.717) is 59.9 Å². The number of benzene rings is 1. The molecule has 3 rings (SSSR count). The van der Waals surface area contributed by atoms with Crippen molar-refractivity contribution in [2.45, 2.75) is 53.5 Å². The standard InChI is InChI=1S/C24H32N2O5S/c1-6-11-30-18-9-8-17(13-19(18)29-7-2)22-21(23(28)31-14-15(3)4)16(5)25-24-26(22)20(27)10-12-32-24/h8-9,13,15,22H,6-7,10-12,14H2,1-5H3. The van der Waals surface area contributed by atoms with E-state index in [0.717, 1.165) is 12.0 Å². The van der Waals surface area contributed by atoms with Crippen molar-refractivity contribution < 1.29 is 23.8 Å². The van der Waals surface area contributed by atoms with E-state index in [9.17, 15) is 9.59 Å². The van der Waals surface area contributed by atoms with Crippen LogP contribution in [-0.4, -0.2) is 47.5 Å². The maximum Gasteiger partial charge on any atom is 0.338 e. The van der Waals surface area contributed by atoms with Gasteiger partial charge in [0, 0.05) is 12.2 Å². The third-order valence-corrected chi connectivity index (χ3v) is 5.97. The molecule has 32 heavy (non-hydrogen) atoms. The van der Waals surface area contributed by atoms with Gasteiger partial charge in [-0.1, -0.05) is 38.6 Å². The summed E-state index contributed by atoms with van der Waals surface area (Å²) in [6.07, 6.45) is 1.27. The molecule has 7 nitrogen and oxygen atoms in total. The van der Waals surface area contributed by atoms with Gasteiger partial charge in [0.25, 0.3) is 0 Å². The number of fused-ring (bicyclic) bond motifs is 1. The minimum atomic E-state index is -0.623. The molecule has 1 amide bonds. The van der Waals surface area contributed by atoms with Crippen molar-refractivity contribution in [3.8, 4) is 11.5 Å². The summed E-state index contributed by atoms with van der Waals surface area (Å²) in [5.41, 5.74) is 1.72. The number of carbonyl (C=O) groups excluding carboxylic acids is 2. The topological polar surface area (TPSA) is 77.4 Å². The largest absolute Gasteiger partial charge is 0.490 e. The fourth-order valence-electron chi connectivity index (χ4n) is 3.59. The molecule has 0 aliphatic carbocycles.